The second-order valence-electron chi connectivity index (χ2n) is 9.55. The van der Waals surface area contributed by atoms with E-state index in [1.165, 1.54) is 29.2 Å². The number of nitrogens with zero attached hydrogens (tertiary/aromatic N) is 3. The van der Waals surface area contributed by atoms with E-state index in [2.05, 4.69) is 0 Å². The number of non-ortho nitro benzene ring substituents is 1. The van der Waals surface area contributed by atoms with Crippen molar-refractivity contribution >= 4 is 23.5 Å². The van der Waals surface area contributed by atoms with Gasteiger partial charge in [-0.05, 0) is 48.2 Å². The number of methoxy groups -OCH3 is 1. The van der Waals surface area contributed by atoms with Crippen LogP contribution in [0, 0.1) is 10.1 Å². The number of fused-ring (bicyclic) bond motifs is 4. The number of carbonyl (C=O) groups excluding carboxylic acids is 3. The van der Waals surface area contributed by atoms with Crippen molar-refractivity contribution in [3.8, 4) is 5.75 Å². The van der Waals surface area contributed by atoms with Gasteiger partial charge in [0.2, 0.25) is 11.8 Å². The molecular formula is C29H27N3O7. The first-order valence-corrected chi connectivity index (χ1v) is 12.6. The highest BCUT2D eigenvalue weighted by molar-refractivity contribution is 5.98. The number of nitro benzene ring substituents is 1. The molecule has 0 unspecified atom stereocenters. The molecule has 0 radical (unpaired) electrons. The summed E-state index contributed by atoms with van der Waals surface area (Å²) in [5, 5.41) is 11.0. The third-order valence-corrected chi connectivity index (χ3v) is 7.17. The average molecular weight is 530 g/mol. The molecule has 0 aliphatic carbocycles. The Kier molecular flexibility index (Phi) is 7.27. The topological polar surface area (TPSA) is 119 Å². The number of benzene rings is 3. The van der Waals surface area contributed by atoms with Crippen LogP contribution < -0.4 is 4.74 Å². The molecule has 3 saturated heterocycles. The lowest BCUT2D eigenvalue weighted by molar-refractivity contribution is -0.384. The van der Waals surface area contributed by atoms with Crippen LogP contribution in [0.1, 0.15) is 34.3 Å². The summed E-state index contributed by atoms with van der Waals surface area (Å²) in [5.41, 5.74) is 1.68. The normalized spacial score (nSPS) is 20.5. The van der Waals surface area contributed by atoms with E-state index in [0.29, 0.717) is 18.6 Å². The molecular weight excluding hydrogens is 502 g/mol. The largest absolute Gasteiger partial charge is 0.497 e. The van der Waals surface area contributed by atoms with Gasteiger partial charge in [-0.3, -0.25) is 19.7 Å². The summed E-state index contributed by atoms with van der Waals surface area (Å²) < 4.78 is 11.1. The fraction of sp³-hybridized carbons (Fsp3) is 0.276. The van der Waals surface area contributed by atoms with Gasteiger partial charge in [-0.2, -0.15) is 0 Å². The minimum absolute atomic E-state index is 0.126. The monoisotopic (exact) mass is 529 g/mol. The molecule has 3 heterocycles. The van der Waals surface area contributed by atoms with Crippen molar-refractivity contribution in [3.05, 3.63) is 106 Å². The number of hydrogen-bond donors (Lipinski definition) is 0. The van der Waals surface area contributed by atoms with E-state index in [4.69, 9.17) is 9.47 Å². The average Bonchev–Trinajstić information content (AvgIpc) is 3.16. The molecule has 200 valence electrons. The second-order valence-corrected chi connectivity index (χ2v) is 9.55. The molecule has 6 rings (SSSR count). The number of amides is 2. The molecule has 0 aromatic heterocycles. The second kappa shape index (κ2) is 10.9. The van der Waals surface area contributed by atoms with Crippen LogP contribution in [0.4, 0.5) is 5.69 Å². The van der Waals surface area contributed by atoms with Gasteiger partial charge in [0.05, 0.1) is 17.6 Å². The molecule has 2 amide bonds. The molecule has 39 heavy (non-hydrogen) atoms. The highest BCUT2D eigenvalue weighted by Crippen LogP contribution is 2.34. The molecule has 3 aromatic carbocycles. The first-order chi connectivity index (χ1) is 18.9. The van der Waals surface area contributed by atoms with Crippen molar-refractivity contribution in [2.75, 3.05) is 7.11 Å². The minimum Gasteiger partial charge on any atom is -0.497 e. The predicted octanol–water partition coefficient (Wildman–Crippen LogP) is 3.73. The number of hydrogen-bond acceptors (Lipinski definition) is 7. The van der Waals surface area contributed by atoms with Crippen molar-refractivity contribution in [3.63, 3.8) is 0 Å². The summed E-state index contributed by atoms with van der Waals surface area (Å²) >= 11 is 0. The first-order valence-electron chi connectivity index (χ1n) is 12.6. The van der Waals surface area contributed by atoms with Gasteiger partial charge in [-0.25, -0.2) is 4.79 Å². The van der Waals surface area contributed by atoms with Crippen molar-refractivity contribution in [2.45, 2.75) is 44.1 Å². The molecule has 3 aliphatic rings. The SMILES string of the molecule is COc1ccc(CN2C(=O)[C@H]3CC[C@@H](OC(=O)c4ccc([N+](=O)[O-])cc4)[C@@H]2C(=O)N3Cc2ccccc2)cc1. The molecule has 3 atom stereocenters. The third-order valence-electron chi connectivity index (χ3n) is 7.17. The molecule has 3 fully saturated rings. The zero-order valence-corrected chi connectivity index (χ0v) is 21.3. The van der Waals surface area contributed by atoms with Crippen LogP contribution in [0.2, 0.25) is 0 Å². The van der Waals surface area contributed by atoms with Gasteiger partial charge in [0.25, 0.3) is 5.69 Å². The summed E-state index contributed by atoms with van der Waals surface area (Å²) in [6.07, 6.45) is -0.227. The Hall–Kier alpha value is -4.73. The molecule has 2 bridgehead atoms. The van der Waals surface area contributed by atoms with Crippen LogP contribution in [-0.4, -0.2) is 57.8 Å². The summed E-state index contributed by atoms with van der Waals surface area (Å²) in [4.78, 5) is 54.3. The maximum absolute atomic E-state index is 14.0. The zero-order chi connectivity index (χ0) is 27.5. The van der Waals surface area contributed by atoms with E-state index in [1.807, 2.05) is 42.5 Å². The number of carbonyl (C=O) groups is 3. The Morgan fingerprint density at radius 3 is 2.15 bits per heavy atom. The molecule has 3 aliphatic heterocycles. The number of ether oxygens (including phenoxy) is 2. The zero-order valence-electron chi connectivity index (χ0n) is 21.3. The standard InChI is InChI=1S/C29H27N3O7/c1-38-23-13-7-20(8-14-23)18-31-26-25(39-29(35)21-9-11-22(12-10-21)32(36)37)16-15-24(27(31)33)30(28(26)34)17-19-5-3-2-4-6-19/h2-14,24-26H,15-18H2,1H3/t24-,25-,26-/m1/s1. The van der Waals surface area contributed by atoms with E-state index < -0.39 is 29.1 Å². The van der Waals surface area contributed by atoms with Gasteiger partial charge < -0.3 is 19.3 Å². The smallest absolute Gasteiger partial charge is 0.338 e. The van der Waals surface area contributed by atoms with E-state index in [-0.39, 0.29) is 36.2 Å². The van der Waals surface area contributed by atoms with Crippen LogP contribution in [-0.2, 0) is 27.4 Å². The molecule has 0 N–H and O–H groups in total. The van der Waals surface area contributed by atoms with E-state index in [0.717, 1.165) is 11.1 Å². The number of rotatable bonds is 8. The van der Waals surface area contributed by atoms with E-state index in [9.17, 15) is 24.5 Å². The third kappa shape index (κ3) is 5.31. The molecule has 0 saturated carbocycles. The fourth-order valence-corrected chi connectivity index (χ4v) is 5.16. The van der Waals surface area contributed by atoms with Crippen LogP contribution in [0.3, 0.4) is 0 Å². The summed E-state index contributed by atoms with van der Waals surface area (Å²) in [5.74, 6) is -0.516. The predicted molar refractivity (Wildman–Crippen MR) is 140 cm³/mol. The molecule has 10 heteroatoms. The van der Waals surface area contributed by atoms with Gasteiger partial charge in [-0.15, -0.1) is 0 Å². The Bertz CT molecular complexity index is 1380. The van der Waals surface area contributed by atoms with Gasteiger partial charge in [0.1, 0.15) is 23.9 Å². The summed E-state index contributed by atoms with van der Waals surface area (Å²) in [6, 6.07) is 20.1. The maximum Gasteiger partial charge on any atom is 0.338 e. The van der Waals surface area contributed by atoms with Gasteiger partial charge >= 0.3 is 5.97 Å². The van der Waals surface area contributed by atoms with Gasteiger partial charge in [-0.1, -0.05) is 42.5 Å². The minimum atomic E-state index is -1.01. The Morgan fingerprint density at radius 2 is 1.51 bits per heavy atom. The van der Waals surface area contributed by atoms with Crippen molar-refractivity contribution in [2.24, 2.45) is 0 Å². The van der Waals surface area contributed by atoms with Crippen LogP contribution in [0.5, 0.6) is 5.75 Å². The molecule has 3 aromatic rings. The number of piperazine rings is 1. The van der Waals surface area contributed by atoms with Crippen molar-refractivity contribution in [1.82, 2.24) is 9.80 Å². The molecule has 10 nitrogen and oxygen atoms in total. The Labute approximate surface area is 224 Å². The van der Waals surface area contributed by atoms with Gasteiger partial charge in [0, 0.05) is 25.2 Å². The maximum atomic E-state index is 14.0. The van der Waals surface area contributed by atoms with E-state index in [1.54, 1.807) is 24.1 Å². The lowest BCUT2D eigenvalue weighted by Gasteiger charge is -2.43. The first kappa shape index (κ1) is 25.9. The summed E-state index contributed by atoms with van der Waals surface area (Å²) in [6.45, 7) is 0.437. The molecule has 0 spiro atoms. The Morgan fingerprint density at radius 1 is 0.872 bits per heavy atom. The lowest BCUT2D eigenvalue weighted by atomic mass is 10.0. The Balaban J connectivity index is 1.44. The highest BCUT2D eigenvalue weighted by atomic mass is 16.6. The number of nitro groups is 1. The van der Waals surface area contributed by atoms with Crippen molar-refractivity contribution in [1.29, 1.82) is 0 Å². The summed E-state index contributed by atoms with van der Waals surface area (Å²) in [7, 11) is 1.57. The fourth-order valence-electron chi connectivity index (χ4n) is 5.16. The van der Waals surface area contributed by atoms with Crippen LogP contribution >= 0.6 is 0 Å². The lowest BCUT2D eigenvalue weighted by Crippen LogP contribution is -2.64. The van der Waals surface area contributed by atoms with Crippen LogP contribution in [0.15, 0.2) is 78.9 Å². The van der Waals surface area contributed by atoms with E-state index >= 15 is 0 Å². The quantitative estimate of drug-likeness (QED) is 0.248. The highest BCUT2D eigenvalue weighted by Gasteiger charge is 2.53. The van der Waals surface area contributed by atoms with Crippen LogP contribution in [0.25, 0.3) is 0 Å². The number of esters is 1. The van der Waals surface area contributed by atoms with Crippen molar-refractivity contribution < 1.29 is 28.8 Å². The van der Waals surface area contributed by atoms with Gasteiger partial charge in [0.15, 0.2) is 0 Å².